The fourth-order valence-corrected chi connectivity index (χ4v) is 1.04. The van der Waals surface area contributed by atoms with Gasteiger partial charge in [0.2, 0.25) is 0 Å². The van der Waals surface area contributed by atoms with Gasteiger partial charge in [0.15, 0.2) is 5.60 Å². The van der Waals surface area contributed by atoms with E-state index in [0.717, 1.165) is 0 Å². The van der Waals surface area contributed by atoms with Gasteiger partial charge >= 0.3 is 13.6 Å². The fourth-order valence-electron chi connectivity index (χ4n) is 0.550. The summed E-state index contributed by atoms with van der Waals surface area (Å²) < 4.78 is 19.5. The molecule has 0 aromatic heterocycles. The molecule has 0 aliphatic carbocycles. The van der Waals surface area contributed by atoms with E-state index >= 15 is 0 Å². The van der Waals surface area contributed by atoms with Crippen LogP contribution in [0.3, 0.4) is 0 Å². The van der Waals surface area contributed by atoms with Crippen LogP contribution in [0.15, 0.2) is 0 Å². The zero-order valence-electron chi connectivity index (χ0n) is 7.68. The minimum absolute atomic E-state index is 0.680. The largest absolute Gasteiger partial charge is 0.467 e. The van der Waals surface area contributed by atoms with E-state index in [2.05, 4.69) is 4.74 Å². The molecule has 13 heavy (non-hydrogen) atoms. The molecule has 0 saturated heterocycles. The molecule has 0 aromatic carbocycles. The van der Waals surface area contributed by atoms with Gasteiger partial charge < -0.3 is 19.3 Å². The molecule has 0 amide bonds. The van der Waals surface area contributed by atoms with Gasteiger partial charge in [-0.1, -0.05) is 0 Å². The van der Waals surface area contributed by atoms with Crippen LogP contribution in [0.25, 0.3) is 0 Å². The first kappa shape index (κ1) is 12.6. The molecule has 0 saturated carbocycles. The van der Waals surface area contributed by atoms with Crippen molar-refractivity contribution in [1.82, 2.24) is 0 Å². The maximum atomic E-state index is 11.0. The number of hydrogen-bond acceptors (Lipinski definition) is 4. The van der Waals surface area contributed by atoms with Crippen LogP contribution in [0, 0.1) is 0 Å². The van der Waals surface area contributed by atoms with Crippen molar-refractivity contribution in [2.24, 2.45) is 0 Å². The summed E-state index contributed by atoms with van der Waals surface area (Å²) in [5, 5.41) is 0. The Labute approximate surface area is 76.0 Å². The first-order valence-corrected chi connectivity index (χ1v) is 5.26. The van der Waals surface area contributed by atoms with Crippen LogP contribution in [-0.4, -0.2) is 34.8 Å². The van der Waals surface area contributed by atoms with E-state index in [4.69, 9.17) is 14.5 Å². The van der Waals surface area contributed by atoms with Gasteiger partial charge in [-0.3, -0.25) is 4.57 Å². The highest BCUT2D eigenvalue weighted by Crippen LogP contribution is 2.35. The zero-order valence-corrected chi connectivity index (χ0v) is 8.58. The Morgan fingerprint density at radius 1 is 1.46 bits per heavy atom. The van der Waals surface area contributed by atoms with Crippen molar-refractivity contribution in [3.63, 3.8) is 0 Å². The minimum atomic E-state index is -4.24. The second-order valence-corrected chi connectivity index (χ2v) is 4.53. The summed E-state index contributed by atoms with van der Waals surface area (Å²) in [7, 11) is -3.07. The molecule has 0 heterocycles. The predicted molar refractivity (Wildman–Crippen MR) is 44.1 cm³/mol. The summed E-state index contributed by atoms with van der Waals surface area (Å²) >= 11 is 0. The Hall–Kier alpha value is -0.420. The summed E-state index contributed by atoms with van der Waals surface area (Å²) in [5.74, 6) is -0.680. The topological polar surface area (TPSA) is 93.1 Å². The molecule has 2 N–H and O–H groups in total. The number of rotatable bonds is 4. The van der Waals surface area contributed by atoms with Crippen molar-refractivity contribution in [3.05, 3.63) is 0 Å². The highest BCUT2D eigenvalue weighted by atomic mass is 31.2. The van der Waals surface area contributed by atoms with Gasteiger partial charge in [-0.15, -0.1) is 0 Å². The molecule has 0 radical (unpaired) electrons. The van der Waals surface area contributed by atoms with Gasteiger partial charge in [-0.25, -0.2) is 4.79 Å². The normalized spacial score (nSPS) is 12.7. The van der Waals surface area contributed by atoms with Gasteiger partial charge in [0.05, 0.1) is 7.11 Å². The maximum absolute atomic E-state index is 11.0. The molecule has 0 aliphatic rings. The van der Waals surface area contributed by atoms with Crippen molar-refractivity contribution < 1.29 is 28.6 Å². The molecule has 7 heteroatoms. The van der Waals surface area contributed by atoms with Crippen LogP contribution in [0.2, 0.25) is 0 Å². The summed E-state index contributed by atoms with van der Waals surface area (Å²) in [6, 6.07) is 0. The monoisotopic (exact) mass is 212 g/mol. The van der Waals surface area contributed by atoms with Gasteiger partial charge in [0.25, 0.3) is 0 Å². The third-order valence-corrected chi connectivity index (χ3v) is 1.74. The standard InChI is InChI=1S/C6H13O6P/c1-6(2,5(7)11-3)12-4-13(8,9)10/h4H2,1-3H3,(H2,8,9,10). The lowest BCUT2D eigenvalue weighted by Crippen LogP contribution is -2.36. The van der Waals surface area contributed by atoms with E-state index in [1.165, 1.54) is 21.0 Å². The molecule has 0 unspecified atom stereocenters. The SMILES string of the molecule is COC(=O)C(C)(C)OCP(=O)(O)O. The van der Waals surface area contributed by atoms with E-state index in [1.807, 2.05) is 0 Å². The average molecular weight is 212 g/mol. The number of carbonyl (C=O) groups excluding carboxylic acids is 1. The highest BCUT2D eigenvalue weighted by Gasteiger charge is 2.32. The average Bonchev–Trinajstić information content (AvgIpc) is 1.98. The molecule has 0 aliphatic heterocycles. The Morgan fingerprint density at radius 2 is 1.92 bits per heavy atom. The van der Waals surface area contributed by atoms with E-state index in [0.29, 0.717) is 0 Å². The molecule has 0 spiro atoms. The number of hydrogen-bond donors (Lipinski definition) is 2. The maximum Gasteiger partial charge on any atom is 0.351 e. The molecule has 0 atom stereocenters. The zero-order chi connectivity index (χ0) is 10.7. The Kier molecular flexibility index (Phi) is 4.06. The van der Waals surface area contributed by atoms with Gasteiger partial charge in [0.1, 0.15) is 6.35 Å². The second-order valence-electron chi connectivity index (χ2n) is 2.94. The van der Waals surface area contributed by atoms with Crippen molar-refractivity contribution in [3.8, 4) is 0 Å². The van der Waals surface area contributed by atoms with Gasteiger partial charge in [0, 0.05) is 0 Å². The Bertz CT molecular complexity index is 229. The van der Waals surface area contributed by atoms with Crippen LogP contribution in [0.5, 0.6) is 0 Å². The first-order chi connectivity index (χ1) is 5.69. The van der Waals surface area contributed by atoms with Gasteiger partial charge in [-0.05, 0) is 13.8 Å². The van der Waals surface area contributed by atoms with E-state index < -0.39 is 25.5 Å². The summed E-state index contributed by atoms with van der Waals surface area (Å²) in [6.45, 7) is 2.74. The third-order valence-electron chi connectivity index (χ3n) is 1.27. The lowest BCUT2D eigenvalue weighted by molar-refractivity contribution is -0.163. The van der Waals surface area contributed by atoms with E-state index in [9.17, 15) is 9.36 Å². The smallest absolute Gasteiger partial charge is 0.351 e. The van der Waals surface area contributed by atoms with Crippen molar-refractivity contribution >= 4 is 13.6 Å². The molecule has 0 aromatic rings. The number of methoxy groups -OCH3 is 1. The van der Waals surface area contributed by atoms with Crippen LogP contribution in [-0.2, 0) is 18.8 Å². The summed E-state index contributed by atoms with van der Waals surface area (Å²) in [5.41, 5.74) is -1.34. The molecule has 6 nitrogen and oxygen atoms in total. The second kappa shape index (κ2) is 4.19. The molecular weight excluding hydrogens is 199 g/mol. The third kappa shape index (κ3) is 5.00. The van der Waals surface area contributed by atoms with Crippen molar-refractivity contribution in [1.29, 1.82) is 0 Å². The number of esters is 1. The highest BCUT2D eigenvalue weighted by molar-refractivity contribution is 7.51. The summed E-state index contributed by atoms with van der Waals surface area (Å²) in [6.07, 6.45) is -0.797. The molecule has 78 valence electrons. The Balaban J connectivity index is 4.19. The number of ether oxygens (including phenoxy) is 2. The van der Waals surface area contributed by atoms with Crippen molar-refractivity contribution in [2.75, 3.05) is 13.5 Å². The van der Waals surface area contributed by atoms with Crippen LogP contribution < -0.4 is 0 Å². The van der Waals surface area contributed by atoms with E-state index in [1.54, 1.807) is 0 Å². The predicted octanol–water partition coefficient (Wildman–Crippen LogP) is 0.0898. The quantitative estimate of drug-likeness (QED) is 0.506. The number of carbonyl (C=O) groups is 1. The Morgan fingerprint density at radius 3 is 2.23 bits per heavy atom. The van der Waals surface area contributed by atoms with Crippen LogP contribution in [0.1, 0.15) is 13.8 Å². The summed E-state index contributed by atoms with van der Waals surface area (Å²) in [4.78, 5) is 27.9. The first-order valence-electron chi connectivity index (χ1n) is 3.46. The molecular formula is C6H13O6P. The van der Waals surface area contributed by atoms with Crippen LogP contribution >= 0.6 is 7.60 Å². The molecule has 0 bridgehead atoms. The van der Waals surface area contributed by atoms with E-state index in [-0.39, 0.29) is 0 Å². The molecule has 0 fully saturated rings. The lowest BCUT2D eigenvalue weighted by atomic mass is 10.1. The lowest BCUT2D eigenvalue weighted by Gasteiger charge is -2.22. The van der Waals surface area contributed by atoms with Crippen molar-refractivity contribution in [2.45, 2.75) is 19.4 Å². The van der Waals surface area contributed by atoms with Gasteiger partial charge in [-0.2, -0.15) is 0 Å². The molecule has 0 rings (SSSR count). The minimum Gasteiger partial charge on any atom is -0.467 e. The fraction of sp³-hybridized carbons (Fsp3) is 0.833. The van der Waals surface area contributed by atoms with Crippen LogP contribution in [0.4, 0.5) is 0 Å².